The average molecular weight is 835 g/mol. The van der Waals surface area contributed by atoms with Gasteiger partial charge in [0.2, 0.25) is 0 Å². The summed E-state index contributed by atoms with van der Waals surface area (Å²) in [7, 11) is -1.42. The van der Waals surface area contributed by atoms with Crippen LogP contribution in [0.4, 0.5) is 11.4 Å². The molecule has 16 heteroatoms. The van der Waals surface area contributed by atoms with E-state index in [0.717, 1.165) is 32.0 Å². The van der Waals surface area contributed by atoms with Crippen molar-refractivity contribution in [3.8, 4) is 22.3 Å². The van der Waals surface area contributed by atoms with Gasteiger partial charge < -0.3 is 15.3 Å². The molecule has 11 nitrogen and oxygen atoms in total. The molecule has 0 bridgehead atoms. The van der Waals surface area contributed by atoms with E-state index in [-0.39, 0.29) is 50.6 Å². The maximum Gasteiger partial charge on any atom is 1.00 e. The minimum absolute atomic E-state index is 0. The molecule has 0 radical (unpaired) electrons. The number of carboxylic acids is 1. The van der Waals surface area contributed by atoms with Gasteiger partial charge in [0.1, 0.15) is 0 Å². The molecule has 0 spiro atoms. The SMILES string of the molecule is C.[C-]#[N+]c1cccc(-c2csc([C@](C)(CC(=O)O)NS(=O)C(C)(C)C)c2)c1.[C-]#[N+]c1cccc(-c2csc([C@](C)(CC(=O)OC)NS(=O)C(C)(C)C)c2)c1.[Li+].[OH-]. The molecule has 4 atom stereocenters. The van der Waals surface area contributed by atoms with Gasteiger partial charge in [0, 0.05) is 9.75 Å². The molecular weight excluding hydrogens is 784 g/mol. The Kier molecular flexibility index (Phi) is 20.5. The first-order chi connectivity index (χ1) is 24.6. The van der Waals surface area contributed by atoms with Gasteiger partial charge in [0.15, 0.2) is 11.4 Å². The molecule has 2 aromatic carbocycles. The standard InChI is InChI=1S/C20H24N2O3S2.C19H22N2O3S2.CH4.Li.H2O/c1-19(2,3)27(24)22-20(4,12-18(23)25-6)17-11-15(13-26-17)14-8-7-9-16(10-14)21-5;1-18(2,3)26(24)21-19(4,11-17(22)23)16-10-14(12-25-16)13-7-6-8-15(9-13)20-5;;;/h7-11,13,22H,12H2,1-4,6H3;6-10,12,21H,11H2,1-4H3,(H,22,23);1H4;;1H2/q;;;+1;/p-1/t20-,27?;19-,26?;;;/m00.../s1. The second kappa shape index (κ2) is 21.9. The molecule has 0 saturated heterocycles. The van der Waals surface area contributed by atoms with Crippen molar-refractivity contribution in [3.05, 3.63) is 104 Å². The van der Waals surface area contributed by atoms with Crippen LogP contribution in [-0.2, 0) is 47.4 Å². The molecule has 0 fully saturated rings. The van der Waals surface area contributed by atoms with Gasteiger partial charge in [-0.1, -0.05) is 43.8 Å². The molecule has 4 rings (SSSR count). The van der Waals surface area contributed by atoms with Gasteiger partial charge in [-0.3, -0.25) is 9.59 Å². The number of methoxy groups -OCH3 is 1. The number of aliphatic carboxylic acids is 1. The number of esters is 1. The van der Waals surface area contributed by atoms with Gasteiger partial charge in [-0.2, -0.15) is 0 Å². The zero-order valence-electron chi connectivity index (χ0n) is 32.8. The fraction of sp³-hybridized carbons (Fsp3) is 0.400. The second-order valence-corrected chi connectivity index (χ2v) is 20.4. The molecule has 4 aromatic rings. The van der Waals surface area contributed by atoms with E-state index in [9.17, 15) is 23.1 Å². The van der Waals surface area contributed by atoms with Crippen LogP contribution in [0.25, 0.3) is 31.9 Å². The van der Waals surface area contributed by atoms with Crippen LogP contribution in [0.5, 0.6) is 0 Å². The molecule has 2 aromatic heterocycles. The number of carbonyl (C=O) groups is 2. The number of rotatable bonds is 12. The van der Waals surface area contributed by atoms with E-state index < -0.39 is 48.5 Å². The first-order valence-corrected chi connectivity index (χ1v) is 20.5. The van der Waals surface area contributed by atoms with Gasteiger partial charge in [-0.25, -0.2) is 27.6 Å². The first-order valence-electron chi connectivity index (χ1n) is 16.5. The van der Waals surface area contributed by atoms with Crippen molar-refractivity contribution in [1.29, 1.82) is 0 Å². The molecule has 56 heavy (non-hydrogen) atoms. The summed E-state index contributed by atoms with van der Waals surface area (Å²) < 4.78 is 35.3. The van der Waals surface area contributed by atoms with Crippen molar-refractivity contribution in [3.63, 3.8) is 0 Å². The monoisotopic (exact) mass is 834 g/mol. The van der Waals surface area contributed by atoms with E-state index in [2.05, 4.69) is 19.1 Å². The fourth-order valence-corrected chi connectivity index (χ4v) is 8.79. The second-order valence-electron chi connectivity index (χ2n) is 14.7. The number of thiophene rings is 2. The molecule has 0 amide bonds. The van der Waals surface area contributed by atoms with E-state index >= 15 is 0 Å². The largest absolute Gasteiger partial charge is 1.00 e. The van der Waals surface area contributed by atoms with Crippen molar-refractivity contribution in [1.82, 2.24) is 9.44 Å². The van der Waals surface area contributed by atoms with Crippen molar-refractivity contribution in [2.24, 2.45) is 0 Å². The van der Waals surface area contributed by atoms with E-state index in [0.29, 0.717) is 11.4 Å². The third kappa shape index (κ3) is 14.5. The quantitative estimate of drug-likeness (QED) is 0.0790. The fourth-order valence-electron chi connectivity index (χ4n) is 4.79. The van der Waals surface area contributed by atoms with Gasteiger partial charge in [0.25, 0.3) is 0 Å². The van der Waals surface area contributed by atoms with Crippen LogP contribution in [0.1, 0.15) is 85.4 Å². The van der Waals surface area contributed by atoms with Crippen molar-refractivity contribution in [2.75, 3.05) is 7.11 Å². The third-order valence-electron chi connectivity index (χ3n) is 7.88. The molecule has 2 unspecified atom stereocenters. The molecule has 4 N–H and O–H groups in total. The number of carboxylic acid groups (broad SMARTS) is 1. The van der Waals surface area contributed by atoms with Crippen LogP contribution in [0.2, 0.25) is 0 Å². The number of benzene rings is 2. The summed E-state index contributed by atoms with van der Waals surface area (Å²) in [5, 5.41) is 13.3. The van der Waals surface area contributed by atoms with Gasteiger partial charge in [0.05, 0.1) is 75.6 Å². The van der Waals surface area contributed by atoms with Crippen LogP contribution in [-0.4, -0.2) is 47.5 Å². The van der Waals surface area contributed by atoms with Crippen LogP contribution in [0, 0.1) is 13.1 Å². The Bertz CT molecular complexity index is 2070. The van der Waals surface area contributed by atoms with Crippen molar-refractivity contribution in [2.45, 2.75) is 96.2 Å². The minimum Gasteiger partial charge on any atom is -0.870 e. The number of hydrogen-bond donors (Lipinski definition) is 3. The minimum atomic E-state index is -1.41. The Morgan fingerprint density at radius 1 is 0.714 bits per heavy atom. The Hall–Kier alpha value is -3.46. The zero-order valence-corrected chi connectivity index (χ0v) is 36.1. The van der Waals surface area contributed by atoms with Crippen LogP contribution in [0.3, 0.4) is 0 Å². The molecule has 298 valence electrons. The number of nitrogens with zero attached hydrogens (tertiary/aromatic N) is 2. The summed E-state index contributed by atoms with van der Waals surface area (Å²) in [5.74, 6) is -1.34. The predicted octanol–water partition coefficient (Wildman–Crippen LogP) is 6.97. The molecule has 0 aliphatic carbocycles. The zero-order chi connectivity index (χ0) is 39.8. The summed E-state index contributed by atoms with van der Waals surface area (Å²) >= 11 is 2.91. The van der Waals surface area contributed by atoms with E-state index in [1.807, 2.05) is 102 Å². The molecule has 2 heterocycles. The van der Waals surface area contributed by atoms with Gasteiger partial charge >= 0.3 is 30.8 Å². The Labute approximate surface area is 357 Å². The van der Waals surface area contributed by atoms with Gasteiger partial charge in [-0.05, 0) is 113 Å². The maximum atomic E-state index is 12.7. The van der Waals surface area contributed by atoms with Gasteiger partial charge in [-0.15, -0.1) is 22.7 Å². The summed E-state index contributed by atoms with van der Waals surface area (Å²) in [6, 6.07) is 18.5. The Morgan fingerprint density at radius 3 is 1.41 bits per heavy atom. The smallest absolute Gasteiger partial charge is 0.870 e. The number of hydrogen-bond acceptors (Lipinski definition) is 8. The van der Waals surface area contributed by atoms with E-state index in [4.69, 9.17) is 17.9 Å². The molecule has 0 aliphatic heterocycles. The number of nitrogens with one attached hydrogen (secondary N) is 2. The van der Waals surface area contributed by atoms with E-state index in [1.165, 1.54) is 29.8 Å². The average Bonchev–Trinajstić information content (AvgIpc) is 3.80. The first kappa shape index (κ1) is 52.5. The molecule has 0 saturated carbocycles. The van der Waals surface area contributed by atoms with Crippen LogP contribution >= 0.6 is 22.7 Å². The summed E-state index contributed by atoms with van der Waals surface area (Å²) in [6.07, 6.45) is -0.121. The normalized spacial score (nSPS) is 14.1. The molecular formula is C40H51LiN4O7S4. The maximum absolute atomic E-state index is 12.7. The summed E-state index contributed by atoms with van der Waals surface area (Å²) in [5.41, 5.74) is 3.05. The van der Waals surface area contributed by atoms with E-state index in [1.54, 1.807) is 25.1 Å². The summed E-state index contributed by atoms with van der Waals surface area (Å²) in [4.78, 5) is 32.0. The number of carbonyl (C=O) groups excluding carboxylic acids is 1. The van der Waals surface area contributed by atoms with Crippen molar-refractivity contribution < 1.29 is 52.2 Å². The van der Waals surface area contributed by atoms with Crippen LogP contribution in [0.15, 0.2) is 71.4 Å². The van der Waals surface area contributed by atoms with Crippen LogP contribution < -0.4 is 28.3 Å². The Balaban J connectivity index is 0.00000103. The summed E-state index contributed by atoms with van der Waals surface area (Å²) in [6.45, 7) is 29.1. The predicted molar refractivity (Wildman–Crippen MR) is 226 cm³/mol. The van der Waals surface area contributed by atoms with Crippen molar-refractivity contribution >= 4 is 68.0 Å². The number of ether oxygens (including phenoxy) is 1. The molecule has 0 aliphatic rings. The topological polar surface area (TPSA) is 161 Å². The Morgan fingerprint density at radius 2 is 1.09 bits per heavy atom. The third-order valence-corrected chi connectivity index (χ3v) is 13.8.